The first-order valence-corrected chi connectivity index (χ1v) is 17.9. The number of aromatic nitrogens is 3. The van der Waals surface area contributed by atoms with E-state index in [0.29, 0.717) is 17.5 Å². The van der Waals surface area contributed by atoms with Crippen molar-refractivity contribution in [2.75, 3.05) is 0 Å². The van der Waals surface area contributed by atoms with Crippen LogP contribution in [0.5, 0.6) is 0 Å². The Labute approximate surface area is 304 Å². The number of hydrogen-bond acceptors (Lipinski definition) is 4. The molecule has 0 saturated heterocycles. The van der Waals surface area contributed by atoms with Gasteiger partial charge in [0.25, 0.3) is 0 Å². The molecule has 0 bridgehead atoms. The number of benzene rings is 9. The van der Waals surface area contributed by atoms with Crippen molar-refractivity contribution < 1.29 is 4.42 Å². The molecular formula is C49H29N3O. The molecule has 0 amide bonds. The highest BCUT2D eigenvalue weighted by molar-refractivity contribution is 6.23. The second-order valence-electron chi connectivity index (χ2n) is 13.6. The minimum Gasteiger partial charge on any atom is -0.455 e. The molecule has 0 atom stereocenters. The topological polar surface area (TPSA) is 51.8 Å². The molecule has 0 aliphatic heterocycles. The third kappa shape index (κ3) is 4.80. The summed E-state index contributed by atoms with van der Waals surface area (Å²) in [6, 6.07) is 61.6. The van der Waals surface area contributed by atoms with Crippen LogP contribution in [0, 0.1) is 0 Å². The molecule has 53 heavy (non-hydrogen) atoms. The summed E-state index contributed by atoms with van der Waals surface area (Å²) in [5.41, 5.74) is 6.62. The predicted octanol–water partition coefficient (Wildman–Crippen LogP) is 13.1. The van der Waals surface area contributed by atoms with Gasteiger partial charge >= 0.3 is 0 Å². The van der Waals surface area contributed by atoms with Crippen LogP contribution < -0.4 is 0 Å². The predicted molar refractivity (Wildman–Crippen MR) is 219 cm³/mol. The molecule has 0 aliphatic carbocycles. The molecule has 0 N–H and O–H groups in total. The molecule has 0 unspecified atom stereocenters. The van der Waals surface area contributed by atoms with Gasteiger partial charge in [-0.05, 0) is 72.9 Å². The second-order valence-corrected chi connectivity index (χ2v) is 13.6. The van der Waals surface area contributed by atoms with E-state index in [0.717, 1.165) is 71.3 Å². The molecule has 246 valence electrons. The lowest BCUT2D eigenvalue weighted by Crippen LogP contribution is -2.00. The van der Waals surface area contributed by atoms with Crippen LogP contribution in [-0.2, 0) is 0 Å². The fourth-order valence-electron chi connectivity index (χ4n) is 7.93. The SMILES string of the molecule is c1ccc2cc(-c3nc(-c4ccc5ccccc5c4)nc(-c4cccc5oc6c(-c7cccc8ccccc78)c7ccccc7cc6c45)n3)ccc2c1. The first-order chi connectivity index (χ1) is 26.2. The van der Waals surface area contributed by atoms with Crippen molar-refractivity contribution in [3.63, 3.8) is 0 Å². The van der Waals surface area contributed by atoms with E-state index >= 15 is 0 Å². The summed E-state index contributed by atoms with van der Waals surface area (Å²) in [7, 11) is 0. The third-order valence-electron chi connectivity index (χ3n) is 10.5. The smallest absolute Gasteiger partial charge is 0.164 e. The molecular weight excluding hydrogens is 647 g/mol. The van der Waals surface area contributed by atoms with Crippen molar-refractivity contribution in [1.82, 2.24) is 15.0 Å². The molecule has 2 heterocycles. The van der Waals surface area contributed by atoms with E-state index in [1.54, 1.807) is 0 Å². The average molecular weight is 676 g/mol. The molecule has 2 aromatic heterocycles. The molecule has 11 aromatic rings. The summed E-state index contributed by atoms with van der Waals surface area (Å²) >= 11 is 0. The number of fused-ring (bicyclic) bond motifs is 7. The summed E-state index contributed by atoms with van der Waals surface area (Å²) in [4.78, 5) is 15.6. The fourth-order valence-corrected chi connectivity index (χ4v) is 7.93. The van der Waals surface area contributed by atoms with Crippen LogP contribution in [0.3, 0.4) is 0 Å². The van der Waals surface area contributed by atoms with Gasteiger partial charge in [-0.2, -0.15) is 0 Å². The van der Waals surface area contributed by atoms with Crippen LogP contribution in [0.4, 0.5) is 0 Å². The maximum atomic E-state index is 6.91. The zero-order chi connectivity index (χ0) is 34.9. The molecule has 9 aromatic carbocycles. The van der Waals surface area contributed by atoms with Crippen molar-refractivity contribution in [2.45, 2.75) is 0 Å². The molecule has 4 nitrogen and oxygen atoms in total. The van der Waals surface area contributed by atoms with Crippen molar-refractivity contribution in [3.05, 3.63) is 176 Å². The van der Waals surface area contributed by atoms with Gasteiger partial charge in [0, 0.05) is 33.0 Å². The van der Waals surface area contributed by atoms with Crippen LogP contribution in [0.25, 0.3) is 110 Å². The van der Waals surface area contributed by atoms with Crippen LogP contribution in [0.2, 0.25) is 0 Å². The van der Waals surface area contributed by atoms with Gasteiger partial charge in [-0.1, -0.05) is 152 Å². The van der Waals surface area contributed by atoms with Gasteiger partial charge in [-0.15, -0.1) is 0 Å². The van der Waals surface area contributed by atoms with Crippen molar-refractivity contribution in [1.29, 1.82) is 0 Å². The van der Waals surface area contributed by atoms with Gasteiger partial charge in [0.05, 0.1) is 0 Å². The Morgan fingerprint density at radius 2 is 0.868 bits per heavy atom. The van der Waals surface area contributed by atoms with Gasteiger partial charge < -0.3 is 4.42 Å². The third-order valence-corrected chi connectivity index (χ3v) is 10.5. The molecule has 0 aliphatic rings. The maximum absolute atomic E-state index is 6.91. The van der Waals surface area contributed by atoms with E-state index in [2.05, 4.69) is 164 Å². The lowest BCUT2D eigenvalue weighted by Gasteiger charge is -2.12. The minimum atomic E-state index is 0.597. The van der Waals surface area contributed by atoms with E-state index in [9.17, 15) is 0 Å². The first-order valence-electron chi connectivity index (χ1n) is 17.9. The number of nitrogens with zero attached hydrogens (tertiary/aromatic N) is 3. The minimum absolute atomic E-state index is 0.597. The van der Waals surface area contributed by atoms with Gasteiger partial charge in [0.2, 0.25) is 0 Å². The standard InChI is InChI=1S/C49H29N3O/c1-3-14-33-27-36(25-23-30(33)11-1)47-50-48(37-26-24-31-12-2-4-15-34(31)28-37)52-49(51-47)41-21-10-22-43-44(41)42-29-35-16-6-8-19-39(35)45(46(42)53-43)40-20-9-17-32-13-5-7-18-38(32)40/h1-29H. The lowest BCUT2D eigenvalue weighted by molar-refractivity contribution is 0.670. The quantitative estimate of drug-likeness (QED) is 0.186. The van der Waals surface area contributed by atoms with E-state index in [1.807, 2.05) is 12.1 Å². The molecule has 11 rings (SSSR count). The zero-order valence-electron chi connectivity index (χ0n) is 28.5. The van der Waals surface area contributed by atoms with Gasteiger partial charge in [0.1, 0.15) is 11.2 Å². The van der Waals surface area contributed by atoms with Gasteiger partial charge in [0.15, 0.2) is 17.5 Å². The van der Waals surface area contributed by atoms with E-state index in [4.69, 9.17) is 19.4 Å². The molecule has 4 heteroatoms. The summed E-state index contributed by atoms with van der Waals surface area (Å²) in [6.07, 6.45) is 0. The first kappa shape index (κ1) is 29.5. The average Bonchev–Trinajstić information content (AvgIpc) is 3.60. The lowest BCUT2D eigenvalue weighted by atomic mass is 9.91. The van der Waals surface area contributed by atoms with Crippen LogP contribution in [0.1, 0.15) is 0 Å². The van der Waals surface area contributed by atoms with E-state index < -0.39 is 0 Å². The highest BCUT2D eigenvalue weighted by Crippen LogP contribution is 2.45. The Hall–Kier alpha value is -7.17. The van der Waals surface area contributed by atoms with E-state index in [-0.39, 0.29) is 0 Å². The Kier molecular flexibility index (Phi) is 6.52. The number of rotatable bonds is 4. The highest BCUT2D eigenvalue weighted by Gasteiger charge is 2.22. The summed E-state index contributed by atoms with van der Waals surface area (Å²) in [5, 5.41) is 11.3. The monoisotopic (exact) mass is 675 g/mol. The number of hydrogen-bond donors (Lipinski definition) is 0. The van der Waals surface area contributed by atoms with Gasteiger partial charge in [-0.3, -0.25) is 0 Å². The second kappa shape index (κ2) is 11.7. The molecule has 0 fully saturated rings. The summed E-state index contributed by atoms with van der Waals surface area (Å²) < 4.78 is 6.91. The Morgan fingerprint density at radius 1 is 0.340 bits per heavy atom. The van der Waals surface area contributed by atoms with Crippen LogP contribution in [0.15, 0.2) is 180 Å². The van der Waals surface area contributed by atoms with Crippen molar-refractivity contribution in [2.24, 2.45) is 0 Å². The summed E-state index contributed by atoms with van der Waals surface area (Å²) in [6.45, 7) is 0. The van der Waals surface area contributed by atoms with Gasteiger partial charge in [-0.25, -0.2) is 15.0 Å². The maximum Gasteiger partial charge on any atom is 0.164 e. The largest absolute Gasteiger partial charge is 0.455 e. The van der Waals surface area contributed by atoms with Crippen LogP contribution in [-0.4, -0.2) is 15.0 Å². The Bertz CT molecular complexity index is 3150. The Morgan fingerprint density at radius 3 is 1.57 bits per heavy atom. The zero-order valence-corrected chi connectivity index (χ0v) is 28.5. The van der Waals surface area contributed by atoms with E-state index in [1.165, 1.54) is 21.5 Å². The fraction of sp³-hybridized carbons (Fsp3) is 0. The normalized spacial score (nSPS) is 11.8. The number of furan rings is 1. The molecule has 0 spiro atoms. The van der Waals surface area contributed by atoms with Crippen molar-refractivity contribution in [3.8, 4) is 45.3 Å². The van der Waals surface area contributed by atoms with Crippen LogP contribution >= 0.6 is 0 Å². The summed E-state index contributed by atoms with van der Waals surface area (Å²) in [5.74, 6) is 1.84. The van der Waals surface area contributed by atoms with Crippen molar-refractivity contribution >= 4 is 65.0 Å². The Balaban J connectivity index is 1.20. The molecule has 0 radical (unpaired) electrons. The molecule has 0 saturated carbocycles. The highest BCUT2D eigenvalue weighted by atomic mass is 16.3.